The summed E-state index contributed by atoms with van der Waals surface area (Å²) in [7, 11) is 0. The number of fused-ring (bicyclic) bond motifs is 1. The summed E-state index contributed by atoms with van der Waals surface area (Å²) in [5, 5.41) is 3.35. The normalized spacial score (nSPS) is 16.7. The highest BCUT2D eigenvalue weighted by atomic mass is 19.1. The highest BCUT2D eigenvalue weighted by Crippen LogP contribution is 2.37. The first-order valence-corrected chi connectivity index (χ1v) is 10.3. The third kappa shape index (κ3) is 3.56. The minimum absolute atomic E-state index is 0.0109. The van der Waals surface area contributed by atoms with Gasteiger partial charge in [-0.05, 0) is 49.2 Å². The summed E-state index contributed by atoms with van der Waals surface area (Å²) >= 11 is 0. The minimum atomic E-state index is -0.322. The number of hydrogen-bond acceptors (Lipinski definition) is 4. The number of morpholine rings is 1. The summed E-state index contributed by atoms with van der Waals surface area (Å²) in [6.07, 6.45) is 0.0109. The van der Waals surface area contributed by atoms with Crippen molar-refractivity contribution >= 4 is 16.8 Å². The van der Waals surface area contributed by atoms with Gasteiger partial charge in [-0.3, -0.25) is 4.79 Å². The van der Waals surface area contributed by atoms with Crippen molar-refractivity contribution in [3.8, 4) is 22.6 Å². The molecule has 2 aromatic heterocycles. The van der Waals surface area contributed by atoms with Crippen LogP contribution in [0.15, 0.2) is 42.5 Å². The van der Waals surface area contributed by atoms with Gasteiger partial charge >= 0.3 is 0 Å². The van der Waals surface area contributed by atoms with Crippen LogP contribution in [0.3, 0.4) is 0 Å². The average Bonchev–Trinajstić information content (AvgIpc) is 3.35. The monoisotopic (exact) mass is 418 g/mol. The van der Waals surface area contributed by atoms with Crippen LogP contribution >= 0.6 is 0 Å². The maximum atomic E-state index is 13.5. The summed E-state index contributed by atoms with van der Waals surface area (Å²) in [5.74, 6) is 0.252. The van der Waals surface area contributed by atoms with Gasteiger partial charge in [-0.1, -0.05) is 18.2 Å². The maximum absolute atomic E-state index is 13.5. The molecular weight excluding hydrogens is 395 g/mol. The van der Waals surface area contributed by atoms with E-state index in [0.717, 1.165) is 46.5 Å². The number of rotatable bonds is 4. The number of carbonyl (C=O) groups excluding carboxylic acids is 1. The lowest BCUT2D eigenvalue weighted by molar-refractivity contribution is 0.0278. The van der Waals surface area contributed by atoms with E-state index in [1.807, 2.05) is 19.1 Å². The fourth-order valence-corrected chi connectivity index (χ4v) is 4.27. The number of ketones is 1. The minimum Gasteiger partial charge on any atom is -0.371 e. The molecule has 1 unspecified atom stereocenters. The third-order valence-corrected chi connectivity index (χ3v) is 5.71. The Balaban J connectivity index is 1.63. The highest BCUT2D eigenvalue weighted by molar-refractivity contribution is 6.05. The Morgan fingerprint density at radius 3 is 2.68 bits per heavy atom. The molecule has 3 heterocycles. The van der Waals surface area contributed by atoms with Crippen LogP contribution in [0.4, 0.5) is 4.39 Å². The summed E-state index contributed by atoms with van der Waals surface area (Å²) < 4.78 is 19.4. The van der Waals surface area contributed by atoms with Gasteiger partial charge in [-0.15, -0.1) is 0 Å². The molecule has 0 radical (unpaired) electrons. The molecule has 0 amide bonds. The van der Waals surface area contributed by atoms with E-state index in [4.69, 9.17) is 9.72 Å². The van der Waals surface area contributed by atoms with E-state index >= 15 is 0 Å². The Morgan fingerprint density at radius 2 is 1.97 bits per heavy atom. The first-order valence-electron chi connectivity index (χ1n) is 10.3. The number of aryl methyl sites for hydroxylation is 1. The van der Waals surface area contributed by atoms with Crippen LogP contribution in [-0.2, 0) is 4.74 Å². The van der Waals surface area contributed by atoms with Crippen molar-refractivity contribution in [1.82, 2.24) is 20.3 Å². The molecule has 5 rings (SSSR count). The molecule has 0 saturated carbocycles. The van der Waals surface area contributed by atoms with E-state index in [1.54, 1.807) is 12.1 Å². The molecule has 0 bridgehead atoms. The largest absolute Gasteiger partial charge is 0.371 e. The Bertz CT molecular complexity index is 1270. The summed E-state index contributed by atoms with van der Waals surface area (Å²) in [6, 6.07) is 12.2. The number of hydrogen-bond donors (Lipinski definition) is 3. The van der Waals surface area contributed by atoms with Gasteiger partial charge in [-0.2, -0.15) is 0 Å². The second kappa shape index (κ2) is 7.76. The first kappa shape index (κ1) is 19.7. The zero-order valence-corrected chi connectivity index (χ0v) is 17.4. The fraction of sp³-hybridized carbons (Fsp3) is 0.250. The standard InChI is InChI=1S/C24H23FN4O2/c1-13-21(14(2)30)22(15-3-6-17(25)7-4-15)23(27-13)24-28-18-8-5-16(11-19(18)29-24)20-12-26-9-10-31-20/h3-8,11,20,26-27H,9-10,12H2,1-2H3,(H,28,29). The smallest absolute Gasteiger partial charge is 0.162 e. The van der Waals surface area contributed by atoms with E-state index in [2.05, 4.69) is 21.4 Å². The van der Waals surface area contributed by atoms with Gasteiger partial charge in [0.2, 0.25) is 0 Å². The van der Waals surface area contributed by atoms with Crippen molar-refractivity contribution in [3.63, 3.8) is 0 Å². The van der Waals surface area contributed by atoms with Crippen molar-refractivity contribution in [3.05, 3.63) is 65.1 Å². The van der Waals surface area contributed by atoms with Crippen molar-refractivity contribution in [2.75, 3.05) is 19.7 Å². The van der Waals surface area contributed by atoms with Crippen molar-refractivity contribution < 1.29 is 13.9 Å². The molecule has 0 spiro atoms. The van der Waals surface area contributed by atoms with Crippen LogP contribution in [0.2, 0.25) is 0 Å². The van der Waals surface area contributed by atoms with E-state index in [0.29, 0.717) is 23.7 Å². The topological polar surface area (TPSA) is 82.8 Å². The summed E-state index contributed by atoms with van der Waals surface area (Å²) in [5.41, 5.74) is 6.34. The molecule has 1 saturated heterocycles. The van der Waals surface area contributed by atoms with Crippen LogP contribution in [0.5, 0.6) is 0 Å². The number of benzene rings is 2. The van der Waals surface area contributed by atoms with Gasteiger partial charge in [0.15, 0.2) is 11.6 Å². The lowest BCUT2D eigenvalue weighted by Gasteiger charge is -2.23. The predicted octanol–water partition coefficient (Wildman–Crippen LogP) is 4.54. The Labute approximate surface area is 178 Å². The van der Waals surface area contributed by atoms with Gasteiger partial charge in [0, 0.05) is 29.9 Å². The van der Waals surface area contributed by atoms with Crippen molar-refractivity contribution in [1.29, 1.82) is 0 Å². The third-order valence-electron chi connectivity index (χ3n) is 5.71. The molecular formula is C24H23FN4O2. The van der Waals surface area contributed by atoms with Crippen LogP contribution < -0.4 is 5.32 Å². The van der Waals surface area contributed by atoms with Gasteiger partial charge in [-0.25, -0.2) is 9.37 Å². The Morgan fingerprint density at radius 1 is 1.16 bits per heavy atom. The molecule has 7 heteroatoms. The average molecular weight is 418 g/mol. The number of carbonyl (C=O) groups is 1. The van der Waals surface area contributed by atoms with E-state index in [-0.39, 0.29) is 17.7 Å². The number of aromatic amines is 2. The molecule has 1 aliphatic heterocycles. The van der Waals surface area contributed by atoms with Crippen LogP contribution in [0, 0.1) is 12.7 Å². The Kier molecular flexibility index (Phi) is 4.92. The second-order valence-corrected chi connectivity index (χ2v) is 7.86. The number of H-pyrrole nitrogens is 2. The van der Waals surface area contributed by atoms with Gasteiger partial charge in [0.25, 0.3) is 0 Å². The molecule has 158 valence electrons. The number of nitrogens with zero attached hydrogens (tertiary/aromatic N) is 1. The summed E-state index contributed by atoms with van der Waals surface area (Å²) in [6.45, 7) is 5.73. The van der Waals surface area contributed by atoms with Gasteiger partial charge in [0.05, 0.1) is 29.4 Å². The Hall–Kier alpha value is -3.29. The summed E-state index contributed by atoms with van der Waals surface area (Å²) in [4.78, 5) is 23.9. The zero-order valence-electron chi connectivity index (χ0n) is 17.4. The lowest BCUT2D eigenvalue weighted by Crippen LogP contribution is -2.33. The van der Waals surface area contributed by atoms with Crippen LogP contribution in [0.25, 0.3) is 33.7 Å². The first-order chi connectivity index (χ1) is 15.0. The number of Topliss-reactive ketones (excluding diaryl/α,β-unsaturated/α-hetero) is 1. The molecule has 1 fully saturated rings. The molecule has 6 nitrogen and oxygen atoms in total. The molecule has 0 aliphatic carbocycles. The van der Waals surface area contributed by atoms with Crippen molar-refractivity contribution in [2.45, 2.75) is 20.0 Å². The number of imidazole rings is 1. The number of halogens is 1. The second-order valence-electron chi connectivity index (χ2n) is 7.86. The van der Waals surface area contributed by atoms with Crippen LogP contribution in [-0.4, -0.2) is 40.4 Å². The molecule has 1 atom stereocenters. The number of aromatic nitrogens is 3. The fourth-order valence-electron chi connectivity index (χ4n) is 4.27. The molecule has 2 aromatic carbocycles. The number of ether oxygens (including phenoxy) is 1. The molecule has 3 N–H and O–H groups in total. The molecule has 4 aromatic rings. The van der Waals surface area contributed by atoms with Gasteiger partial charge in [0.1, 0.15) is 5.82 Å². The zero-order chi connectivity index (χ0) is 21.5. The SMILES string of the molecule is CC(=O)c1c(C)[nH]c(-c2nc3ccc(C4CNCCO4)cc3[nH]2)c1-c1ccc(F)cc1. The van der Waals surface area contributed by atoms with Crippen molar-refractivity contribution in [2.24, 2.45) is 0 Å². The lowest BCUT2D eigenvalue weighted by atomic mass is 9.97. The van der Waals surface area contributed by atoms with Crippen LogP contribution in [0.1, 0.15) is 34.6 Å². The quantitative estimate of drug-likeness (QED) is 0.425. The van der Waals surface area contributed by atoms with E-state index in [9.17, 15) is 9.18 Å². The maximum Gasteiger partial charge on any atom is 0.162 e. The van der Waals surface area contributed by atoms with Gasteiger partial charge < -0.3 is 20.0 Å². The number of nitrogens with one attached hydrogen (secondary N) is 3. The highest BCUT2D eigenvalue weighted by Gasteiger charge is 2.23. The molecule has 31 heavy (non-hydrogen) atoms. The molecule has 1 aliphatic rings. The van der Waals surface area contributed by atoms with E-state index in [1.165, 1.54) is 19.1 Å². The van der Waals surface area contributed by atoms with E-state index < -0.39 is 0 Å². The predicted molar refractivity (Wildman–Crippen MR) is 118 cm³/mol.